The van der Waals surface area contributed by atoms with Gasteiger partial charge in [0.1, 0.15) is 0 Å². The smallest absolute Gasteiger partial charge is 0.0344 e. The van der Waals surface area contributed by atoms with Gasteiger partial charge in [-0.1, -0.05) is 52.3 Å². The summed E-state index contributed by atoms with van der Waals surface area (Å²) in [5.74, 6) is 0. The zero-order chi connectivity index (χ0) is 14.8. The van der Waals surface area contributed by atoms with Crippen molar-refractivity contribution in [3.8, 4) is 0 Å². The Morgan fingerprint density at radius 1 is 1.14 bits per heavy atom. The first-order chi connectivity index (χ1) is 10.1. The third kappa shape index (κ3) is 3.37. The van der Waals surface area contributed by atoms with E-state index in [1.165, 1.54) is 16.7 Å². The maximum absolute atomic E-state index is 6.24. The second-order valence-electron chi connectivity index (χ2n) is 5.92. The van der Waals surface area contributed by atoms with Crippen LogP contribution in [0.25, 0.3) is 0 Å². The summed E-state index contributed by atoms with van der Waals surface area (Å²) >= 11 is 3.48. The lowest BCUT2D eigenvalue weighted by atomic mass is 10.0. The van der Waals surface area contributed by atoms with Crippen LogP contribution in [-0.2, 0) is 6.42 Å². The number of hydrogen-bond donors (Lipinski definition) is 2. The molecule has 0 radical (unpaired) electrons. The van der Waals surface area contributed by atoms with E-state index in [2.05, 4.69) is 76.7 Å². The largest absolute Gasteiger partial charge is 0.324 e. The van der Waals surface area contributed by atoms with Crippen LogP contribution >= 0.6 is 15.9 Å². The van der Waals surface area contributed by atoms with E-state index in [-0.39, 0.29) is 6.04 Å². The Bertz CT molecular complexity index is 609. The Labute approximate surface area is 134 Å². The monoisotopic (exact) mass is 344 g/mol. The Hall–Kier alpha value is -1.16. The number of hydrogen-bond acceptors (Lipinski definition) is 2. The van der Waals surface area contributed by atoms with Crippen molar-refractivity contribution in [3.63, 3.8) is 0 Å². The Morgan fingerprint density at radius 3 is 2.52 bits per heavy atom. The number of rotatable bonds is 4. The number of benzene rings is 2. The van der Waals surface area contributed by atoms with Crippen LogP contribution in [0.4, 0.5) is 0 Å². The van der Waals surface area contributed by atoms with Crippen LogP contribution in [0.5, 0.6) is 0 Å². The summed E-state index contributed by atoms with van der Waals surface area (Å²) in [6, 6.07) is 18.1. The molecule has 3 atom stereocenters. The highest BCUT2D eigenvalue weighted by Gasteiger charge is 2.28. The Kier molecular flexibility index (Phi) is 4.43. The van der Waals surface area contributed by atoms with Crippen LogP contribution in [0.15, 0.2) is 53.0 Å². The van der Waals surface area contributed by atoms with E-state index in [0.29, 0.717) is 12.1 Å². The van der Waals surface area contributed by atoms with Gasteiger partial charge in [0.2, 0.25) is 0 Å². The van der Waals surface area contributed by atoms with E-state index in [1.54, 1.807) is 0 Å². The molecule has 0 fully saturated rings. The molecule has 1 aliphatic rings. The number of fused-ring (bicyclic) bond motifs is 1. The molecule has 2 aromatic rings. The quantitative estimate of drug-likeness (QED) is 0.875. The molecule has 110 valence electrons. The lowest BCUT2D eigenvalue weighted by molar-refractivity contribution is 0.434. The molecule has 3 unspecified atom stereocenters. The maximum atomic E-state index is 6.24. The lowest BCUT2D eigenvalue weighted by Crippen LogP contribution is -2.31. The third-order valence-electron chi connectivity index (χ3n) is 4.20. The summed E-state index contributed by atoms with van der Waals surface area (Å²) in [7, 11) is 0. The fourth-order valence-corrected chi connectivity index (χ4v) is 3.47. The molecule has 3 heteroatoms. The summed E-state index contributed by atoms with van der Waals surface area (Å²) in [6.45, 7) is 2.24. The molecule has 0 spiro atoms. The number of nitrogens with two attached hydrogens (primary N) is 1. The van der Waals surface area contributed by atoms with Crippen LogP contribution in [0.2, 0.25) is 0 Å². The highest BCUT2D eigenvalue weighted by Crippen LogP contribution is 2.37. The summed E-state index contributed by atoms with van der Waals surface area (Å²) in [4.78, 5) is 0. The van der Waals surface area contributed by atoms with E-state index in [0.717, 1.165) is 17.3 Å². The zero-order valence-electron chi connectivity index (χ0n) is 12.2. The maximum Gasteiger partial charge on any atom is 0.0344 e. The minimum absolute atomic E-state index is 0.165. The van der Waals surface area contributed by atoms with Crippen LogP contribution in [0.3, 0.4) is 0 Å². The van der Waals surface area contributed by atoms with Crippen LogP contribution in [-0.4, -0.2) is 6.04 Å². The predicted molar refractivity (Wildman–Crippen MR) is 91.2 cm³/mol. The Balaban J connectivity index is 1.66. The molecule has 0 aliphatic heterocycles. The molecule has 21 heavy (non-hydrogen) atoms. The van der Waals surface area contributed by atoms with Gasteiger partial charge in [0, 0.05) is 22.6 Å². The van der Waals surface area contributed by atoms with Crippen LogP contribution in [0.1, 0.15) is 42.1 Å². The average molecular weight is 345 g/mol. The fraction of sp³-hybridized carbons (Fsp3) is 0.333. The van der Waals surface area contributed by atoms with Crippen molar-refractivity contribution in [1.82, 2.24) is 5.32 Å². The fourth-order valence-electron chi connectivity index (χ4n) is 3.21. The molecule has 0 heterocycles. The number of halogens is 1. The molecule has 0 amide bonds. The first kappa shape index (κ1) is 14.8. The lowest BCUT2D eigenvalue weighted by Gasteiger charge is -2.20. The van der Waals surface area contributed by atoms with Gasteiger partial charge in [-0.15, -0.1) is 0 Å². The van der Waals surface area contributed by atoms with Gasteiger partial charge >= 0.3 is 0 Å². The molecule has 0 bridgehead atoms. The van der Waals surface area contributed by atoms with Crippen molar-refractivity contribution in [1.29, 1.82) is 0 Å². The highest BCUT2D eigenvalue weighted by atomic mass is 79.9. The van der Waals surface area contributed by atoms with E-state index in [1.807, 2.05) is 0 Å². The summed E-state index contributed by atoms with van der Waals surface area (Å²) in [6.07, 6.45) is 2.02. The molecule has 0 saturated heterocycles. The molecule has 0 saturated carbocycles. The molecule has 2 nitrogen and oxygen atoms in total. The van der Waals surface area contributed by atoms with Gasteiger partial charge in [0.15, 0.2) is 0 Å². The van der Waals surface area contributed by atoms with Crippen molar-refractivity contribution in [2.24, 2.45) is 5.73 Å². The Morgan fingerprint density at radius 2 is 1.81 bits per heavy atom. The summed E-state index contributed by atoms with van der Waals surface area (Å²) in [5, 5.41) is 3.74. The van der Waals surface area contributed by atoms with Crippen LogP contribution in [0, 0.1) is 0 Å². The van der Waals surface area contributed by atoms with Gasteiger partial charge in [-0.05, 0) is 48.6 Å². The van der Waals surface area contributed by atoms with Gasteiger partial charge in [-0.2, -0.15) is 0 Å². The topological polar surface area (TPSA) is 38.0 Å². The van der Waals surface area contributed by atoms with Crippen LogP contribution < -0.4 is 11.1 Å². The molecular weight excluding hydrogens is 324 g/mol. The van der Waals surface area contributed by atoms with E-state index in [9.17, 15) is 0 Å². The van der Waals surface area contributed by atoms with E-state index in [4.69, 9.17) is 5.73 Å². The first-order valence-electron chi connectivity index (χ1n) is 7.48. The van der Waals surface area contributed by atoms with Crippen molar-refractivity contribution >= 4 is 15.9 Å². The molecule has 1 aliphatic carbocycles. The molecule has 2 aromatic carbocycles. The van der Waals surface area contributed by atoms with Crippen molar-refractivity contribution in [3.05, 3.63) is 69.7 Å². The van der Waals surface area contributed by atoms with Crippen molar-refractivity contribution in [2.75, 3.05) is 0 Å². The summed E-state index contributed by atoms with van der Waals surface area (Å²) < 4.78 is 1.13. The number of nitrogens with one attached hydrogen (secondary N) is 1. The van der Waals surface area contributed by atoms with E-state index < -0.39 is 0 Å². The molecule has 3 rings (SSSR count). The second kappa shape index (κ2) is 6.30. The SMILES string of the molecule is CC(Cc1ccc(Br)cc1)NC1CC(N)c2ccccc21. The highest BCUT2D eigenvalue weighted by molar-refractivity contribution is 9.10. The van der Waals surface area contributed by atoms with Gasteiger partial charge < -0.3 is 11.1 Å². The average Bonchev–Trinajstić information content (AvgIpc) is 2.78. The van der Waals surface area contributed by atoms with Gasteiger partial charge in [-0.3, -0.25) is 0 Å². The van der Waals surface area contributed by atoms with Crippen molar-refractivity contribution < 1.29 is 0 Å². The minimum Gasteiger partial charge on any atom is -0.324 e. The predicted octanol–water partition coefficient (Wildman–Crippen LogP) is 4.11. The van der Waals surface area contributed by atoms with Crippen molar-refractivity contribution in [2.45, 2.75) is 37.9 Å². The van der Waals surface area contributed by atoms with Gasteiger partial charge in [-0.25, -0.2) is 0 Å². The van der Waals surface area contributed by atoms with Gasteiger partial charge in [0.25, 0.3) is 0 Å². The van der Waals surface area contributed by atoms with Gasteiger partial charge in [0.05, 0.1) is 0 Å². The minimum atomic E-state index is 0.165. The molecule has 0 aromatic heterocycles. The normalized spacial score (nSPS) is 22.0. The molecule has 3 N–H and O–H groups in total. The standard InChI is InChI=1S/C18H21BrN2/c1-12(10-13-6-8-14(19)9-7-13)21-18-11-17(20)15-4-2-3-5-16(15)18/h2-9,12,17-18,21H,10-11,20H2,1H3. The van der Waals surface area contributed by atoms with E-state index >= 15 is 0 Å². The second-order valence-corrected chi connectivity index (χ2v) is 6.84. The molecular formula is C18H21BrN2. The summed E-state index contributed by atoms with van der Waals surface area (Å²) in [5.41, 5.74) is 10.3. The zero-order valence-corrected chi connectivity index (χ0v) is 13.8. The third-order valence-corrected chi connectivity index (χ3v) is 4.73. The first-order valence-corrected chi connectivity index (χ1v) is 8.27.